The highest BCUT2D eigenvalue weighted by atomic mass is 16.8. The van der Waals surface area contributed by atoms with Crippen molar-refractivity contribution in [1.82, 2.24) is 0 Å². The highest BCUT2D eigenvalue weighted by Gasteiger charge is 2.88. The van der Waals surface area contributed by atoms with Crippen LogP contribution in [0, 0.1) is 0 Å². The van der Waals surface area contributed by atoms with Gasteiger partial charge in [-0.25, -0.2) is 24.0 Å². The van der Waals surface area contributed by atoms with Crippen LogP contribution in [0.2, 0.25) is 0 Å². The lowest BCUT2D eigenvalue weighted by molar-refractivity contribution is -0.385. The Morgan fingerprint density at radius 3 is 1.53 bits per heavy atom. The van der Waals surface area contributed by atoms with Crippen LogP contribution in [-0.2, 0) is 58.9 Å². The van der Waals surface area contributed by atoms with Crippen molar-refractivity contribution in [2.45, 2.75) is 121 Å². The molecule has 0 amide bonds. The lowest BCUT2D eigenvalue weighted by atomic mass is 9.74. The number of fused-ring (bicyclic) bond motifs is 2. The van der Waals surface area contributed by atoms with Crippen LogP contribution in [0.3, 0.4) is 0 Å². The molecule has 3 aromatic carbocycles. The number of rotatable bonds is 11. The maximum absolute atomic E-state index is 15.1. The summed E-state index contributed by atoms with van der Waals surface area (Å²) in [6.45, 7) is 12.7. The van der Waals surface area contributed by atoms with E-state index in [4.69, 9.17) is 37.9 Å². The van der Waals surface area contributed by atoms with Gasteiger partial charge in [0, 0.05) is 0 Å². The van der Waals surface area contributed by atoms with Gasteiger partial charge in [0.1, 0.15) is 23.4 Å². The molecule has 2 saturated heterocycles. The van der Waals surface area contributed by atoms with Gasteiger partial charge < -0.3 is 43.0 Å². The van der Waals surface area contributed by atoms with E-state index in [0.29, 0.717) is 5.56 Å². The molecule has 0 aromatic heterocycles. The number of aliphatic hydroxyl groups is 1. The van der Waals surface area contributed by atoms with Crippen molar-refractivity contribution < 1.29 is 67.0 Å². The predicted molar refractivity (Wildman–Crippen MR) is 201 cm³/mol. The predicted octanol–water partition coefficient (Wildman–Crippen LogP) is 5.27. The van der Waals surface area contributed by atoms with E-state index in [9.17, 15) is 24.3 Å². The van der Waals surface area contributed by atoms with Crippen LogP contribution >= 0.6 is 0 Å². The van der Waals surface area contributed by atoms with Gasteiger partial charge in [0.05, 0.1) is 17.7 Å². The number of benzene rings is 3. The summed E-state index contributed by atoms with van der Waals surface area (Å²) in [5.41, 5.74) is -10.1. The number of carbonyl (C=O) groups is 5. The molecule has 2 heterocycles. The molecule has 2 aliphatic heterocycles. The number of hydrogen-bond acceptors (Lipinski definition) is 14. The normalized spacial score (nSPS) is 25.8. The van der Waals surface area contributed by atoms with E-state index in [1.807, 2.05) is 0 Å². The second-order valence-electron chi connectivity index (χ2n) is 16.8. The molecule has 0 saturated carbocycles. The SMILES string of the molecule is CC(C)(C)OC(=O)[C@@H]1O[C@@]2(COCc3ccccc3)O[C@](C(=O)OC(C)(C)C)([C@H](OC(=O)c3ccccc3)[C@H]2OC(=O)c2ccccc2)[C@]1(O)C(=O)OC(C)(C)C. The standard InChI is InChI=1S/C43H50O14/c1-38(2,3)54-35(46)32-42(49,36(47)55-39(4,5)6)43(37(48)56-40(7,8)9)31(52-34(45)29-23-17-12-18-24-29)30(51-33(44)28-21-15-11-16-22-28)41(53-32,57-43)26-50-25-27-19-13-10-14-20-27/h10-24,30-32,49H,25-26H2,1-9H3/t30-,31-,32+,41+,42-,43+/m1/s1. The fraction of sp³-hybridized carbons (Fsp3) is 0.465. The average molecular weight is 791 g/mol. The third-order valence-electron chi connectivity index (χ3n) is 8.64. The minimum Gasteiger partial charge on any atom is -0.458 e. The number of carbonyl (C=O) groups excluding carboxylic acids is 5. The molecule has 6 atom stereocenters. The van der Waals surface area contributed by atoms with Gasteiger partial charge in [0.2, 0.25) is 17.5 Å². The van der Waals surface area contributed by atoms with Gasteiger partial charge in [-0.15, -0.1) is 0 Å². The Morgan fingerprint density at radius 1 is 0.614 bits per heavy atom. The molecule has 57 heavy (non-hydrogen) atoms. The van der Waals surface area contributed by atoms with Crippen molar-refractivity contribution in [2.24, 2.45) is 0 Å². The summed E-state index contributed by atoms with van der Waals surface area (Å²) in [4.78, 5) is 72.4. The largest absolute Gasteiger partial charge is 0.458 e. The van der Waals surface area contributed by atoms with Crippen molar-refractivity contribution in [2.75, 3.05) is 6.61 Å². The molecule has 2 aliphatic rings. The zero-order valence-electron chi connectivity index (χ0n) is 33.6. The van der Waals surface area contributed by atoms with E-state index in [1.54, 1.807) is 66.7 Å². The Hall–Kier alpha value is -5.15. The van der Waals surface area contributed by atoms with E-state index in [2.05, 4.69) is 0 Å². The maximum Gasteiger partial charge on any atom is 0.347 e. The Morgan fingerprint density at radius 2 is 1.05 bits per heavy atom. The molecular formula is C43H50O14. The van der Waals surface area contributed by atoms with E-state index < -0.39 is 88.6 Å². The van der Waals surface area contributed by atoms with Gasteiger partial charge in [0.25, 0.3) is 5.60 Å². The second-order valence-corrected chi connectivity index (χ2v) is 16.8. The molecule has 306 valence electrons. The van der Waals surface area contributed by atoms with Crippen molar-refractivity contribution in [3.63, 3.8) is 0 Å². The third kappa shape index (κ3) is 9.20. The summed E-state index contributed by atoms with van der Waals surface area (Å²) in [5.74, 6) is -9.14. The maximum atomic E-state index is 15.1. The van der Waals surface area contributed by atoms with Gasteiger partial charge in [-0.05, 0) is 92.1 Å². The molecule has 0 spiro atoms. The van der Waals surface area contributed by atoms with Crippen molar-refractivity contribution in [3.05, 3.63) is 108 Å². The first kappa shape index (κ1) is 43.0. The molecule has 0 unspecified atom stereocenters. The van der Waals surface area contributed by atoms with E-state index in [-0.39, 0.29) is 17.7 Å². The third-order valence-corrected chi connectivity index (χ3v) is 8.64. The van der Waals surface area contributed by atoms with Crippen LogP contribution in [0.25, 0.3) is 0 Å². The van der Waals surface area contributed by atoms with Crippen LogP contribution in [0.15, 0.2) is 91.0 Å². The first-order valence-corrected chi connectivity index (χ1v) is 18.5. The lowest BCUT2D eigenvalue weighted by Crippen LogP contribution is -2.79. The molecule has 2 fully saturated rings. The first-order valence-electron chi connectivity index (χ1n) is 18.5. The topological polar surface area (TPSA) is 179 Å². The van der Waals surface area contributed by atoms with Crippen LogP contribution in [0.1, 0.15) is 88.6 Å². The van der Waals surface area contributed by atoms with E-state index in [0.717, 1.165) is 0 Å². The van der Waals surface area contributed by atoms with Crippen LogP contribution in [-0.4, -0.2) is 93.7 Å². The molecule has 0 radical (unpaired) electrons. The molecule has 3 aromatic rings. The molecule has 14 heteroatoms. The van der Waals surface area contributed by atoms with Gasteiger partial charge in [-0.2, -0.15) is 0 Å². The molecule has 0 aliphatic carbocycles. The lowest BCUT2D eigenvalue weighted by Gasteiger charge is -2.51. The fourth-order valence-electron chi connectivity index (χ4n) is 6.40. The van der Waals surface area contributed by atoms with Crippen molar-refractivity contribution in [1.29, 1.82) is 0 Å². The number of esters is 5. The summed E-state index contributed by atoms with van der Waals surface area (Å²) >= 11 is 0. The molecular weight excluding hydrogens is 740 g/mol. The molecule has 14 nitrogen and oxygen atoms in total. The molecule has 1 N–H and O–H groups in total. The molecule has 2 bridgehead atoms. The quantitative estimate of drug-likeness (QED) is 0.196. The van der Waals surface area contributed by atoms with Crippen LogP contribution in [0.5, 0.6) is 0 Å². The number of ether oxygens (including phenoxy) is 8. The average Bonchev–Trinajstić information content (AvgIpc) is 3.35. The minimum atomic E-state index is -3.57. The van der Waals surface area contributed by atoms with E-state index >= 15 is 4.79 Å². The smallest absolute Gasteiger partial charge is 0.347 e. The first-order chi connectivity index (χ1) is 26.5. The summed E-state index contributed by atoms with van der Waals surface area (Å²) < 4.78 is 48.5. The van der Waals surface area contributed by atoms with Gasteiger partial charge in [0.15, 0.2) is 12.2 Å². The summed E-state index contributed by atoms with van der Waals surface area (Å²) in [5, 5.41) is 13.2. The van der Waals surface area contributed by atoms with Gasteiger partial charge >= 0.3 is 29.8 Å². The van der Waals surface area contributed by atoms with E-state index in [1.165, 1.54) is 86.6 Å². The Kier molecular flexibility index (Phi) is 12.1. The fourth-order valence-corrected chi connectivity index (χ4v) is 6.40. The zero-order chi connectivity index (χ0) is 42.0. The van der Waals surface area contributed by atoms with Crippen molar-refractivity contribution in [3.8, 4) is 0 Å². The number of hydrogen-bond donors (Lipinski definition) is 1. The zero-order valence-corrected chi connectivity index (χ0v) is 33.6. The highest BCUT2D eigenvalue weighted by Crippen LogP contribution is 2.57. The van der Waals surface area contributed by atoms with Gasteiger partial charge in [-0.3, -0.25) is 0 Å². The van der Waals surface area contributed by atoms with Crippen LogP contribution in [0.4, 0.5) is 0 Å². The van der Waals surface area contributed by atoms with Crippen LogP contribution < -0.4 is 0 Å². The minimum absolute atomic E-state index is 0.0184. The Balaban J connectivity index is 1.83. The van der Waals surface area contributed by atoms with Crippen molar-refractivity contribution >= 4 is 29.8 Å². The monoisotopic (exact) mass is 790 g/mol. The second kappa shape index (κ2) is 16.0. The summed E-state index contributed by atoms with van der Waals surface area (Å²) in [6, 6.07) is 24.2. The summed E-state index contributed by atoms with van der Waals surface area (Å²) in [6.07, 6.45) is -6.83. The Labute approximate surface area is 331 Å². The Bertz CT molecular complexity index is 1930. The summed E-state index contributed by atoms with van der Waals surface area (Å²) in [7, 11) is 0. The highest BCUT2D eigenvalue weighted by molar-refractivity contribution is 6.00. The van der Waals surface area contributed by atoms with Gasteiger partial charge in [-0.1, -0.05) is 66.7 Å². The molecule has 5 rings (SSSR count).